The Kier molecular flexibility index (Phi) is 7.37. The van der Waals surface area contributed by atoms with Crippen molar-refractivity contribution in [3.05, 3.63) is 30.3 Å². The van der Waals surface area contributed by atoms with E-state index in [1.54, 1.807) is 0 Å². The molecule has 0 aliphatic heterocycles. The minimum atomic E-state index is 1.16. The van der Waals surface area contributed by atoms with Crippen LogP contribution in [0.1, 0.15) is 20.8 Å². The van der Waals surface area contributed by atoms with Crippen molar-refractivity contribution in [1.82, 2.24) is 0 Å². The Balaban J connectivity index is 0.000000461. The van der Waals surface area contributed by atoms with Gasteiger partial charge >= 0.3 is 0 Å². The van der Waals surface area contributed by atoms with Crippen LogP contribution >= 0.6 is 11.8 Å². The number of rotatable bonds is 2. The highest BCUT2D eigenvalue weighted by Gasteiger charge is 1.84. The normalized spacial score (nSPS) is 8.27. The molecule has 0 saturated carbocycles. The molecule has 0 unspecified atom stereocenters. The van der Waals surface area contributed by atoms with Crippen molar-refractivity contribution in [2.24, 2.45) is 0 Å². The van der Waals surface area contributed by atoms with Gasteiger partial charge in [0.15, 0.2) is 0 Å². The summed E-state index contributed by atoms with van der Waals surface area (Å²) < 4.78 is 0. The zero-order chi connectivity index (χ0) is 8.53. The monoisotopic (exact) mass is 168 g/mol. The van der Waals surface area contributed by atoms with Crippen molar-refractivity contribution in [2.75, 3.05) is 5.75 Å². The molecule has 0 aromatic heterocycles. The van der Waals surface area contributed by atoms with Crippen molar-refractivity contribution in [3.63, 3.8) is 0 Å². The molecule has 11 heavy (non-hydrogen) atoms. The van der Waals surface area contributed by atoms with Gasteiger partial charge in [0.2, 0.25) is 0 Å². The predicted molar refractivity (Wildman–Crippen MR) is 54.2 cm³/mol. The molecule has 0 saturated heterocycles. The molecule has 0 bridgehead atoms. The van der Waals surface area contributed by atoms with Crippen LogP contribution in [-0.2, 0) is 0 Å². The lowest BCUT2D eigenvalue weighted by Crippen LogP contribution is -1.68. The Hall–Kier alpha value is -0.430. The van der Waals surface area contributed by atoms with E-state index in [9.17, 15) is 0 Å². The van der Waals surface area contributed by atoms with Gasteiger partial charge < -0.3 is 0 Å². The predicted octanol–water partition coefficient (Wildman–Crippen LogP) is 3.82. The lowest BCUT2D eigenvalue weighted by Gasteiger charge is -1.93. The second kappa shape index (κ2) is 7.67. The number of thioether (sulfide) groups is 1. The Morgan fingerprint density at radius 1 is 1.09 bits per heavy atom. The fourth-order valence-corrected chi connectivity index (χ4v) is 1.37. The third-order valence-corrected chi connectivity index (χ3v) is 1.95. The summed E-state index contributed by atoms with van der Waals surface area (Å²) in [5.74, 6) is 1.16. The van der Waals surface area contributed by atoms with Gasteiger partial charge in [-0.25, -0.2) is 0 Å². The van der Waals surface area contributed by atoms with E-state index < -0.39 is 0 Å². The van der Waals surface area contributed by atoms with E-state index in [1.165, 1.54) is 4.90 Å². The molecule has 1 heteroatoms. The van der Waals surface area contributed by atoms with Crippen LogP contribution in [0.25, 0.3) is 0 Å². The van der Waals surface area contributed by atoms with E-state index >= 15 is 0 Å². The minimum Gasteiger partial charge on any atom is -0.126 e. The Morgan fingerprint density at radius 3 is 2.09 bits per heavy atom. The minimum absolute atomic E-state index is 1.16. The highest BCUT2D eigenvalue weighted by Crippen LogP contribution is 2.15. The summed E-state index contributed by atoms with van der Waals surface area (Å²) in [5, 5.41) is 0. The van der Waals surface area contributed by atoms with Crippen LogP contribution in [0.5, 0.6) is 0 Å². The average Bonchev–Trinajstić information content (AvgIpc) is 2.11. The van der Waals surface area contributed by atoms with Gasteiger partial charge in [0.1, 0.15) is 0 Å². The van der Waals surface area contributed by atoms with Crippen LogP contribution in [0.4, 0.5) is 0 Å². The van der Waals surface area contributed by atoms with Crippen LogP contribution < -0.4 is 0 Å². The number of benzene rings is 1. The van der Waals surface area contributed by atoms with Crippen LogP contribution in [0, 0.1) is 0 Å². The second-order valence-electron chi connectivity index (χ2n) is 1.75. The Labute approximate surface area is 74.0 Å². The fraction of sp³-hybridized carbons (Fsp3) is 0.400. The molecule has 0 amide bonds. The molecule has 1 rings (SSSR count). The molecule has 0 atom stereocenters. The highest BCUT2D eigenvalue weighted by atomic mass is 32.2. The molecule has 1 aromatic carbocycles. The van der Waals surface area contributed by atoms with E-state index in [0.29, 0.717) is 0 Å². The molecule has 0 radical (unpaired) electrons. The number of hydrogen-bond acceptors (Lipinski definition) is 1. The van der Waals surface area contributed by atoms with E-state index in [2.05, 4.69) is 31.2 Å². The number of hydrogen-bond donors (Lipinski definition) is 0. The molecule has 0 aliphatic carbocycles. The maximum atomic E-state index is 2.16. The molecule has 0 spiro atoms. The summed E-state index contributed by atoms with van der Waals surface area (Å²) in [6.45, 7) is 6.16. The Morgan fingerprint density at radius 2 is 1.64 bits per heavy atom. The van der Waals surface area contributed by atoms with Gasteiger partial charge in [0, 0.05) is 4.90 Å². The first-order valence-electron chi connectivity index (χ1n) is 4.11. The SMILES string of the molecule is CC.CCSc1ccccc1. The van der Waals surface area contributed by atoms with E-state index in [0.717, 1.165) is 5.75 Å². The maximum absolute atomic E-state index is 2.16. The first-order chi connectivity index (χ1) is 5.43. The molecule has 0 N–H and O–H groups in total. The van der Waals surface area contributed by atoms with E-state index in [-0.39, 0.29) is 0 Å². The van der Waals surface area contributed by atoms with Gasteiger partial charge in [0.25, 0.3) is 0 Å². The van der Waals surface area contributed by atoms with Gasteiger partial charge in [-0.05, 0) is 17.9 Å². The van der Waals surface area contributed by atoms with Crippen LogP contribution in [-0.4, -0.2) is 5.75 Å². The molecule has 1 aromatic rings. The summed E-state index contributed by atoms with van der Waals surface area (Å²) in [6, 6.07) is 10.4. The van der Waals surface area contributed by atoms with Crippen molar-refractivity contribution in [3.8, 4) is 0 Å². The third kappa shape index (κ3) is 4.91. The first-order valence-corrected chi connectivity index (χ1v) is 5.10. The maximum Gasteiger partial charge on any atom is 0.00718 e. The van der Waals surface area contributed by atoms with Crippen LogP contribution in [0.2, 0.25) is 0 Å². The van der Waals surface area contributed by atoms with Crippen molar-refractivity contribution < 1.29 is 0 Å². The van der Waals surface area contributed by atoms with Crippen LogP contribution in [0.3, 0.4) is 0 Å². The molecule has 0 nitrogen and oxygen atoms in total. The van der Waals surface area contributed by atoms with Crippen molar-refractivity contribution >= 4 is 11.8 Å². The third-order valence-electron chi connectivity index (χ3n) is 1.05. The lowest BCUT2D eigenvalue weighted by molar-refractivity contribution is 1.43. The summed E-state index contributed by atoms with van der Waals surface area (Å²) in [6.07, 6.45) is 0. The van der Waals surface area contributed by atoms with E-state index in [4.69, 9.17) is 0 Å². The molecule has 0 aliphatic rings. The fourth-order valence-electron chi connectivity index (χ4n) is 0.683. The zero-order valence-corrected chi connectivity index (χ0v) is 8.32. The standard InChI is InChI=1S/C8H10S.C2H6/c1-2-9-8-6-4-3-5-7-8;1-2/h3-7H,2H2,1H3;1-2H3. The van der Waals surface area contributed by atoms with Gasteiger partial charge in [-0.2, -0.15) is 0 Å². The lowest BCUT2D eigenvalue weighted by atomic mass is 10.4. The first kappa shape index (κ1) is 10.6. The molecule has 62 valence electrons. The quantitative estimate of drug-likeness (QED) is 0.605. The highest BCUT2D eigenvalue weighted by molar-refractivity contribution is 7.99. The largest absolute Gasteiger partial charge is 0.126 e. The smallest absolute Gasteiger partial charge is 0.00718 e. The topological polar surface area (TPSA) is 0 Å². The molecular weight excluding hydrogens is 152 g/mol. The summed E-state index contributed by atoms with van der Waals surface area (Å²) in [7, 11) is 0. The van der Waals surface area contributed by atoms with Gasteiger partial charge in [-0.15, -0.1) is 11.8 Å². The second-order valence-corrected chi connectivity index (χ2v) is 3.08. The summed E-state index contributed by atoms with van der Waals surface area (Å²) in [5.41, 5.74) is 0. The zero-order valence-electron chi connectivity index (χ0n) is 7.50. The van der Waals surface area contributed by atoms with E-state index in [1.807, 2.05) is 31.7 Å². The van der Waals surface area contributed by atoms with Gasteiger partial charge in [0.05, 0.1) is 0 Å². The summed E-state index contributed by atoms with van der Waals surface area (Å²) in [4.78, 5) is 1.36. The van der Waals surface area contributed by atoms with Crippen LogP contribution in [0.15, 0.2) is 35.2 Å². The van der Waals surface area contributed by atoms with Gasteiger partial charge in [-0.3, -0.25) is 0 Å². The molecular formula is C10H16S. The Bertz CT molecular complexity index is 158. The molecule has 0 heterocycles. The van der Waals surface area contributed by atoms with Crippen molar-refractivity contribution in [1.29, 1.82) is 0 Å². The van der Waals surface area contributed by atoms with Crippen molar-refractivity contribution in [2.45, 2.75) is 25.7 Å². The molecule has 0 fully saturated rings. The average molecular weight is 168 g/mol. The summed E-state index contributed by atoms with van der Waals surface area (Å²) >= 11 is 1.88. The van der Waals surface area contributed by atoms with Gasteiger partial charge in [-0.1, -0.05) is 39.0 Å².